The van der Waals surface area contributed by atoms with E-state index >= 15 is 0 Å². The molecule has 0 aliphatic carbocycles. The molecule has 0 saturated heterocycles. The minimum Gasteiger partial charge on any atom is -0.544 e. The number of ketones is 1. The number of nitrogens with two attached hydrogens (primary N) is 1. The Morgan fingerprint density at radius 1 is 1.04 bits per heavy atom. The summed E-state index contributed by atoms with van der Waals surface area (Å²) in [5.74, 6) is 0.384. The number of hydrogen-bond acceptors (Lipinski definition) is 4. The van der Waals surface area contributed by atoms with Crippen molar-refractivity contribution in [2.45, 2.75) is 43.8 Å². The van der Waals surface area contributed by atoms with E-state index in [-0.39, 0.29) is 26.3 Å². The van der Waals surface area contributed by atoms with Gasteiger partial charge in [-0.05, 0) is 60.6 Å². The Hall–Kier alpha value is -1.67. The summed E-state index contributed by atoms with van der Waals surface area (Å²) in [5, 5.41) is 5.19. The molecule has 0 amide bonds. The van der Waals surface area contributed by atoms with Crippen LogP contribution in [0.4, 0.5) is 0 Å². The van der Waals surface area contributed by atoms with E-state index in [0.29, 0.717) is 11.3 Å². The van der Waals surface area contributed by atoms with Gasteiger partial charge in [-0.15, -0.1) is 0 Å². The van der Waals surface area contributed by atoms with Gasteiger partial charge in [-0.2, -0.15) is 0 Å². The number of carbonyl (C=O) groups is 1. The number of carbonyl (C=O) groups excluding carboxylic acids is 1. The van der Waals surface area contributed by atoms with Crippen molar-refractivity contribution in [1.82, 2.24) is 0 Å². The molecule has 0 unspecified atom stereocenters. The van der Waals surface area contributed by atoms with Gasteiger partial charge in [0, 0.05) is 11.1 Å². The number of halogens is 1. The SMILES string of the molecule is CC(C)(C)[Si](C)(C)Oc1ccc(C(=O)c2ccc(Cl)c(S(N)(=O)=O)c2)cc1. The monoisotopic (exact) mass is 425 g/mol. The molecule has 2 N–H and O–H groups in total. The van der Waals surface area contributed by atoms with E-state index < -0.39 is 18.3 Å². The van der Waals surface area contributed by atoms with Crippen molar-refractivity contribution in [3.63, 3.8) is 0 Å². The van der Waals surface area contributed by atoms with E-state index in [1.807, 2.05) is 0 Å². The summed E-state index contributed by atoms with van der Waals surface area (Å²) in [6, 6.07) is 10.9. The fourth-order valence-electron chi connectivity index (χ4n) is 2.15. The highest BCUT2D eigenvalue weighted by Crippen LogP contribution is 2.37. The van der Waals surface area contributed by atoms with Gasteiger partial charge >= 0.3 is 0 Å². The molecule has 27 heavy (non-hydrogen) atoms. The van der Waals surface area contributed by atoms with Crippen LogP contribution in [0.3, 0.4) is 0 Å². The molecule has 0 heterocycles. The van der Waals surface area contributed by atoms with Crippen LogP contribution in [0, 0.1) is 0 Å². The van der Waals surface area contributed by atoms with E-state index in [4.69, 9.17) is 21.2 Å². The van der Waals surface area contributed by atoms with Crippen LogP contribution in [-0.2, 0) is 10.0 Å². The van der Waals surface area contributed by atoms with Gasteiger partial charge in [0.2, 0.25) is 18.3 Å². The summed E-state index contributed by atoms with van der Waals surface area (Å²) >= 11 is 5.87. The molecule has 0 aromatic heterocycles. The maximum Gasteiger partial charge on any atom is 0.250 e. The molecule has 0 radical (unpaired) electrons. The highest BCUT2D eigenvalue weighted by Gasteiger charge is 2.38. The summed E-state index contributed by atoms with van der Waals surface area (Å²) in [7, 11) is -5.98. The predicted molar refractivity (Wildman–Crippen MR) is 111 cm³/mol. The molecular weight excluding hydrogens is 402 g/mol. The minimum atomic E-state index is -4.01. The molecule has 0 spiro atoms. The number of rotatable bonds is 5. The Morgan fingerprint density at radius 2 is 1.56 bits per heavy atom. The zero-order chi connectivity index (χ0) is 20.6. The van der Waals surface area contributed by atoms with Gasteiger partial charge in [0.15, 0.2) is 5.78 Å². The van der Waals surface area contributed by atoms with Crippen molar-refractivity contribution in [3.8, 4) is 5.75 Å². The largest absolute Gasteiger partial charge is 0.544 e. The normalized spacial score (nSPS) is 12.7. The molecule has 0 saturated carbocycles. The van der Waals surface area contributed by atoms with Gasteiger partial charge in [-0.3, -0.25) is 4.79 Å². The Bertz CT molecular complexity index is 964. The molecule has 0 aliphatic rings. The van der Waals surface area contributed by atoms with Crippen molar-refractivity contribution in [1.29, 1.82) is 0 Å². The lowest BCUT2D eigenvalue weighted by Gasteiger charge is -2.36. The van der Waals surface area contributed by atoms with E-state index in [2.05, 4.69) is 33.9 Å². The van der Waals surface area contributed by atoms with E-state index in [1.54, 1.807) is 24.3 Å². The van der Waals surface area contributed by atoms with Gasteiger partial charge in [0.1, 0.15) is 10.6 Å². The Labute approximate surface area is 166 Å². The van der Waals surface area contributed by atoms with Crippen LogP contribution in [0.25, 0.3) is 0 Å². The van der Waals surface area contributed by atoms with Crippen molar-refractivity contribution < 1.29 is 17.6 Å². The molecule has 8 heteroatoms. The third-order valence-corrected chi connectivity index (χ3v) is 10.5. The summed E-state index contributed by atoms with van der Waals surface area (Å²) in [4.78, 5) is 12.4. The lowest BCUT2D eigenvalue weighted by atomic mass is 10.0. The third kappa shape index (κ3) is 4.98. The van der Waals surface area contributed by atoms with Crippen molar-refractivity contribution in [2.75, 3.05) is 0 Å². The molecule has 0 fully saturated rings. The van der Waals surface area contributed by atoms with Crippen LogP contribution in [0.5, 0.6) is 5.75 Å². The lowest BCUT2D eigenvalue weighted by molar-refractivity contribution is 0.103. The maximum absolute atomic E-state index is 12.7. The number of hydrogen-bond donors (Lipinski definition) is 1. The highest BCUT2D eigenvalue weighted by molar-refractivity contribution is 7.89. The van der Waals surface area contributed by atoms with Gasteiger partial charge in [-0.1, -0.05) is 32.4 Å². The highest BCUT2D eigenvalue weighted by atomic mass is 35.5. The maximum atomic E-state index is 12.7. The quantitative estimate of drug-likeness (QED) is 0.560. The Balaban J connectivity index is 2.29. The second kappa shape index (κ2) is 7.39. The number of benzene rings is 2. The molecular formula is C19H24ClNO4SSi. The molecule has 5 nitrogen and oxygen atoms in total. The average molecular weight is 426 g/mol. The third-order valence-electron chi connectivity index (χ3n) is 4.80. The van der Waals surface area contributed by atoms with Crippen LogP contribution < -0.4 is 9.56 Å². The fraction of sp³-hybridized carbons (Fsp3) is 0.316. The smallest absolute Gasteiger partial charge is 0.250 e. The van der Waals surface area contributed by atoms with Gasteiger partial charge in [-0.25, -0.2) is 13.6 Å². The zero-order valence-corrected chi connectivity index (χ0v) is 18.6. The van der Waals surface area contributed by atoms with E-state index in [1.165, 1.54) is 18.2 Å². The molecule has 2 aromatic rings. The Kier molecular flexibility index (Phi) is 5.92. The molecule has 0 bridgehead atoms. The summed E-state index contributed by atoms with van der Waals surface area (Å²) in [5.41, 5.74) is 0.613. The van der Waals surface area contributed by atoms with Crippen LogP contribution in [0.1, 0.15) is 36.7 Å². The van der Waals surface area contributed by atoms with E-state index in [0.717, 1.165) is 0 Å². The van der Waals surface area contributed by atoms with Crippen LogP contribution >= 0.6 is 11.6 Å². The van der Waals surface area contributed by atoms with Crippen molar-refractivity contribution in [3.05, 3.63) is 58.6 Å². The zero-order valence-electron chi connectivity index (χ0n) is 16.0. The fourth-order valence-corrected chi connectivity index (χ4v) is 4.25. The first-order chi connectivity index (χ1) is 12.2. The van der Waals surface area contributed by atoms with E-state index in [9.17, 15) is 13.2 Å². The first-order valence-corrected chi connectivity index (χ1v) is 13.2. The number of sulfonamides is 1. The second-order valence-electron chi connectivity index (χ2n) is 7.91. The number of primary sulfonamides is 1. The first kappa shape index (κ1) is 21.6. The van der Waals surface area contributed by atoms with Crippen molar-refractivity contribution in [2.24, 2.45) is 5.14 Å². The summed E-state index contributed by atoms with van der Waals surface area (Å²) in [6.07, 6.45) is 0. The predicted octanol–water partition coefficient (Wildman–Crippen LogP) is 4.60. The molecule has 0 atom stereocenters. The summed E-state index contributed by atoms with van der Waals surface area (Å²) < 4.78 is 29.4. The molecule has 2 aromatic carbocycles. The molecule has 0 aliphatic heterocycles. The van der Waals surface area contributed by atoms with Crippen LogP contribution in [0.15, 0.2) is 47.4 Å². The van der Waals surface area contributed by atoms with Crippen molar-refractivity contribution >= 4 is 35.7 Å². The second-order valence-corrected chi connectivity index (χ2v) is 14.6. The lowest BCUT2D eigenvalue weighted by Crippen LogP contribution is -2.43. The Morgan fingerprint density at radius 3 is 2.04 bits per heavy atom. The topological polar surface area (TPSA) is 86.5 Å². The first-order valence-electron chi connectivity index (χ1n) is 8.38. The molecule has 2 rings (SSSR count). The van der Waals surface area contributed by atoms with Crippen LogP contribution in [0.2, 0.25) is 23.2 Å². The van der Waals surface area contributed by atoms with Gasteiger partial charge < -0.3 is 4.43 Å². The van der Waals surface area contributed by atoms with Crippen LogP contribution in [-0.4, -0.2) is 22.5 Å². The van der Waals surface area contributed by atoms with Gasteiger partial charge in [0.25, 0.3) is 0 Å². The minimum absolute atomic E-state index is 0.0211. The summed E-state index contributed by atoms with van der Waals surface area (Å²) in [6.45, 7) is 10.8. The standard InChI is InChI=1S/C19H24ClNO4SSi/c1-19(2,3)27(4,5)25-15-9-6-13(7-10-15)18(22)14-8-11-16(20)17(12-14)26(21,23)24/h6-12H,1-5H3,(H2,21,23,24). The van der Waals surface area contributed by atoms with Gasteiger partial charge in [0.05, 0.1) is 5.02 Å². The molecule has 146 valence electrons. The average Bonchev–Trinajstić information content (AvgIpc) is 2.53.